The van der Waals surface area contributed by atoms with Gasteiger partial charge in [-0.25, -0.2) is 4.79 Å². The fourth-order valence-electron chi connectivity index (χ4n) is 0.156. The number of carboxylic acid groups (broad SMARTS) is 2. The second kappa shape index (κ2) is 5.59. The molecule has 0 rings (SSSR count). The maximum absolute atomic E-state index is 9.62. The molecule has 10 nitrogen and oxygen atoms in total. The van der Waals surface area contributed by atoms with Crippen molar-refractivity contribution < 1.29 is 45.7 Å². The first-order chi connectivity index (χ1) is 6.36. The first-order valence-electron chi connectivity index (χ1n) is 2.73. The highest BCUT2D eigenvalue weighted by Crippen LogP contribution is 1.79. The first kappa shape index (κ1) is 16.2. The van der Waals surface area contributed by atoms with Gasteiger partial charge in [0.1, 0.15) is 0 Å². The molecule has 0 radical (unpaired) electrons. The summed E-state index contributed by atoms with van der Waals surface area (Å²) in [6.07, 6.45) is 0. The smallest absolute Gasteiger partial charge is 0.449 e. The van der Waals surface area contributed by atoms with Crippen LogP contribution in [-0.2, 0) is 25.0 Å². The van der Waals surface area contributed by atoms with E-state index in [0.29, 0.717) is 0 Å². The van der Waals surface area contributed by atoms with Crippen LogP contribution in [0.5, 0.6) is 0 Å². The fraction of sp³-hybridized carbons (Fsp3) is 0.333. The molecule has 4 N–H and O–H groups in total. The summed E-state index contributed by atoms with van der Waals surface area (Å²) in [6, 6.07) is 0. The third-order valence-electron chi connectivity index (χ3n) is 0.527. The van der Waals surface area contributed by atoms with Crippen LogP contribution < -0.4 is 0 Å². The normalized spacial score (nSPS) is 11.1. The summed E-state index contributed by atoms with van der Waals surface area (Å²) in [5.41, 5.74) is 0. The molecular formula is C3H6O10S2. The predicted molar refractivity (Wildman–Crippen MR) is 43.6 cm³/mol. The highest BCUT2D eigenvalue weighted by atomic mass is 32.2. The average molecular weight is 266 g/mol. The summed E-state index contributed by atoms with van der Waals surface area (Å²) < 4.78 is 53.1. The zero-order valence-corrected chi connectivity index (χ0v) is 8.39. The highest BCUT2D eigenvalue weighted by Gasteiger charge is 2.14. The molecule has 0 heterocycles. The minimum Gasteiger partial charge on any atom is -0.480 e. The molecule has 0 fully saturated rings. The van der Waals surface area contributed by atoms with Gasteiger partial charge in [-0.15, -0.1) is 0 Å². The van der Waals surface area contributed by atoms with E-state index in [0.717, 1.165) is 0 Å². The van der Waals surface area contributed by atoms with Crippen LogP contribution in [0.25, 0.3) is 0 Å². The highest BCUT2D eigenvalue weighted by molar-refractivity contribution is 8.00. The number of carbonyl (C=O) groups is 2. The Morgan fingerprint density at radius 2 is 1.20 bits per heavy atom. The zero-order valence-electron chi connectivity index (χ0n) is 6.76. The third kappa shape index (κ3) is 15.5. The molecular weight excluding hydrogens is 260 g/mol. The maximum atomic E-state index is 9.62. The summed E-state index contributed by atoms with van der Waals surface area (Å²) in [6.45, 7) is 0. The topological polar surface area (TPSA) is 183 Å². The van der Waals surface area contributed by atoms with Gasteiger partial charge >= 0.3 is 21.4 Å². The summed E-state index contributed by atoms with van der Waals surface area (Å²) >= 11 is 0. The average Bonchev–Trinajstić information content (AvgIpc) is 1.78. The van der Waals surface area contributed by atoms with Crippen LogP contribution in [0, 0.1) is 0 Å². The SMILES string of the molecule is O=C(O)CS(=O)(=O)O.O=C(O)S(=O)(=O)O. The molecule has 0 atom stereocenters. The minimum absolute atomic E-state index is 1.23. The van der Waals surface area contributed by atoms with Gasteiger partial charge in [0.15, 0.2) is 5.75 Å². The van der Waals surface area contributed by atoms with Crippen LogP contribution >= 0.6 is 0 Å². The van der Waals surface area contributed by atoms with E-state index in [4.69, 9.17) is 19.3 Å². The molecule has 0 saturated carbocycles. The molecule has 0 bridgehead atoms. The van der Waals surface area contributed by atoms with E-state index in [1.807, 2.05) is 0 Å². The Labute approximate surface area is 83.6 Å². The van der Waals surface area contributed by atoms with Gasteiger partial charge in [-0.05, 0) is 0 Å². The monoisotopic (exact) mass is 266 g/mol. The van der Waals surface area contributed by atoms with Gasteiger partial charge in [0.2, 0.25) is 0 Å². The summed E-state index contributed by atoms with van der Waals surface area (Å²) in [4.78, 5) is 18.7. The van der Waals surface area contributed by atoms with Crippen LogP contribution in [0.2, 0.25) is 0 Å². The van der Waals surface area contributed by atoms with Crippen LogP contribution in [0.15, 0.2) is 0 Å². The van der Waals surface area contributed by atoms with Crippen molar-refractivity contribution in [2.75, 3.05) is 5.75 Å². The van der Waals surface area contributed by atoms with Crippen molar-refractivity contribution in [3.05, 3.63) is 0 Å². The number of rotatable bonds is 2. The standard InChI is InChI=1S/C2H4O5S.CH2O5S/c3-2(4)1-8(5,6)7;2-1(3)7(4,5)6/h1H2,(H,3,4)(H,5,6,7);(H,2,3)(H,4,5,6). The van der Waals surface area contributed by atoms with Crippen LogP contribution in [0.4, 0.5) is 4.79 Å². The van der Waals surface area contributed by atoms with E-state index in [1.54, 1.807) is 0 Å². The predicted octanol–water partition coefficient (Wildman–Crippen LogP) is -1.49. The van der Waals surface area contributed by atoms with E-state index >= 15 is 0 Å². The summed E-state index contributed by atoms with van der Waals surface area (Å²) in [5.74, 6) is -2.79. The van der Waals surface area contributed by atoms with Crippen molar-refractivity contribution in [1.82, 2.24) is 0 Å². The number of hydrogen-bond donors (Lipinski definition) is 4. The van der Waals surface area contributed by atoms with Crippen molar-refractivity contribution in [3.8, 4) is 0 Å². The van der Waals surface area contributed by atoms with Crippen molar-refractivity contribution in [1.29, 1.82) is 0 Å². The Kier molecular flexibility index (Phi) is 6.04. The van der Waals surface area contributed by atoms with Gasteiger partial charge in [-0.3, -0.25) is 13.9 Å². The lowest BCUT2D eigenvalue weighted by Gasteiger charge is -1.85. The molecule has 0 spiro atoms. The lowest BCUT2D eigenvalue weighted by Crippen LogP contribution is -2.13. The number of aliphatic carboxylic acids is 1. The van der Waals surface area contributed by atoms with Gasteiger partial charge in [0, 0.05) is 0 Å². The molecule has 0 unspecified atom stereocenters. The Hall–Kier alpha value is -1.24. The summed E-state index contributed by atoms with van der Waals surface area (Å²) in [7, 11) is -9.15. The number of carboxylic acids is 1. The fourth-order valence-corrected chi connectivity index (χ4v) is 0.468. The lowest BCUT2D eigenvalue weighted by molar-refractivity contribution is -0.134. The Morgan fingerprint density at radius 1 is 0.933 bits per heavy atom. The van der Waals surface area contributed by atoms with Crippen LogP contribution in [-0.4, -0.2) is 53.2 Å². The molecule has 0 aromatic carbocycles. The quantitative estimate of drug-likeness (QED) is 0.429. The Bertz CT molecular complexity index is 425. The molecule has 0 aromatic rings. The summed E-state index contributed by atoms with van der Waals surface area (Å²) in [5, 5.41) is 12.9. The van der Waals surface area contributed by atoms with Gasteiger partial charge in [-0.2, -0.15) is 16.8 Å². The van der Waals surface area contributed by atoms with Crippen LogP contribution in [0.1, 0.15) is 0 Å². The lowest BCUT2D eigenvalue weighted by atomic mass is 10.8. The molecule has 12 heteroatoms. The van der Waals surface area contributed by atoms with E-state index in [-0.39, 0.29) is 0 Å². The third-order valence-corrected chi connectivity index (χ3v) is 1.58. The molecule has 0 aliphatic heterocycles. The molecule has 0 saturated heterocycles. The zero-order chi connectivity index (χ0) is 12.9. The van der Waals surface area contributed by atoms with E-state index in [9.17, 15) is 26.4 Å². The van der Waals surface area contributed by atoms with Gasteiger partial charge in [0.25, 0.3) is 10.1 Å². The molecule has 0 aliphatic rings. The largest absolute Gasteiger partial charge is 0.480 e. The van der Waals surface area contributed by atoms with Crippen molar-refractivity contribution >= 4 is 31.5 Å². The first-order valence-corrected chi connectivity index (χ1v) is 5.78. The van der Waals surface area contributed by atoms with Gasteiger partial charge < -0.3 is 10.2 Å². The van der Waals surface area contributed by atoms with E-state index in [1.165, 1.54) is 0 Å². The molecule has 15 heavy (non-hydrogen) atoms. The van der Waals surface area contributed by atoms with E-state index in [2.05, 4.69) is 0 Å². The second-order valence-corrected chi connectivity index (χ2v) is 4.61. The molecule has 0 aromatic heterocycles. The van der Waals surface area contributed by atoms with Crippen LogP contribution in [0.3, 0.4) is 0 Å². The molecule has 0 amide bonds. The second-order valence-electron chi connectivity index (χ2n) is 1.86. The van der Waals surface area contributed by atoms with E-state index < -0.39 is 37.3 Å². The Morgan fingerprint density at radius 3 is 1.20 bits per heavy atom. The molecule has 0 aliphatic carbocycles. The van der Waals surface area contributed by atoms with Crippen molar-refractivity contribution in [2.24, 2.45) is 0 Å². The molecule has 90 valence electrons. The minimum atomic E-state index is -4.82. The van der Waals surface area contributed by atoms with Gasteiger partial charge in [0.05, 0.1) is 0 Å². The van der Waals surface area contributed by atoms with Crippen molar-refractivity contribution in [2.45, 2.75) is 0 Å². The number of hydrogen-bond acceptors (Lipinski definition) is 6. The van der Waals surface area contributed by atoms with Gasteiger partial charge in [-0.1, -0.05) is 0 Å². The Balaban J connectivity index is 0. The van der Waals surface area contributed by atoms with Crippen molar-refractivity contribution in [3.63, 3.8) is 0 Å². The maximum Gasteiger partial charge on any atom is 0.449 e.